The summed E-state index contributed by atoms with van der Waals surface area (Å²) in [7, 11) is -5.03. The number of aliphatic carboxylic acids is 1. The molecule has 148 valence electrons. The summed E-state index contributed by atoms with van der Waals surface area (Å²) in [6.45, 7) is -2.16. The number of alkyl halides is 2. The second-order valence-electron chi connectivity index (χ2n) is 5.33. The van der Waals surface area contributed by atoms with Gasteiger partial charge in [0.05, 0.1) is 0 Å². The Morgan fingerprint density at radius 3 is 2.41 bits per heavy atom. The lowest BCUT2D eigenvalue weighted by atomic mass is 10.1. The van der Waals surface area contributed by atoms with E-state index in [0.717, 1.165) is 13.0 Å². The number of aromatic nitrogens is 3. The first-order chi connectivity index (χ1) is 12.3. The standard InChI is InChI=1S/C13H11ClF3N3O6S/c1-5-18-20(13(23)19(5)12(16)17)9-2-6(7(14)4-8(9)15)3-10(11(21)22)27(24,25)26/h2,4,10,12H,3H2,1H3,(H,21,22)(H,24,25,26). The Balaban J connectivity index is 2.63. The van der Waals surface area contributed by atoms with Crippen LogP contribution in [-0.4, -0.2) is 43.6 Å². The molecular formula is C13H11ClF3N3O6S. The maximum Gasteiger partial charge on any atom is 0.355 e. The largest absolute Gasteiger partial charge is 0.480 e. The summed E-state index contributed by atoms with van der Waals surface area (Å²) >= 11 is 5.77. The molecule has 0 fully saturated rings. The predicted molar refractivity (Wildman–Crippen MR) is 85.5 cm³/mol. The lowest BCUT2D eigenvalue weighted by Gasteiger charge is -2.12. The molecule has 14 heteroatoms. The molecule has 1 aromatic heterocycles. The second kappa shape index (κ2) is 7.32. The lowest BCUT2D eigenvalue weighted by Crippen LogP contribution is -2.32. The first kappa shape index (κ1) is 20.9. The summed E-state index contributed by atoms with van der Waals surface area (Å²) in [6, 6.07) is 1.43. The zero-order chi connectivity index (χ0) is 20.7. The van der Waals surface area contributed by atoms with Crippen molar-refractivity contribution in [2.75, 3.05) is 0 Å². The molecule has 2 N–H and O–H groups in total. The molecule has 1 unspecified atom stereocenters. The molecule has 0 saturated carbocycles. The average molecular weight is 430 g/mol. The maximum absolute atomic E-state index is 14.2. The SMILES string of the molecule is Cc1nn(-c2cc(CC(C(=O)O)S(=O)(=O)O)c(Cl)cc2F)c(=O)n1C(F)F. The fraction of sp³-hybridized carbons (Fsp3) is 0.308. The number of carboxylic acid groups (broad SMARTS) is 1. The van der Waals surface area contributed by atoms with Crippen LogP contribution in [0.4, 0.5) is 13.2 Å². The first-order valence-corrected chi connectivity index (χ1v) is 8.86. The summed E-state index contributed by atoms with van der Waals surface area (Å²) in [6.07, 6.45) is -0.871. The van der Waals surface area contributed by atoms with Gasteiger partial charge in [-0.25, -0.2) is 13.8 Å². The third-order valence-electron chi connectivity index (χ3n) is 3.56. The Morgan fingerprint density at radius 2 is 1.96 bits per heavy atom. The topological polar surface area (TPSA) is 131 Å². The van der Waals surface area contributed by atoms with E-state index in [1.807, 2.05) is 0 Å². The highest BCUT2D eigenvalue weighted by Crippen LogP contribution is 2.25. The second-order valence-corrected chi connectivity index (χ2v) is 7.34. The zero-order valence-corrected chi connectivity index (χ0v) is 14.9. The molecule has 0 amide bonds. The highest BCUT2D eigenvalue weighted by molar-refractivity contribution is 7.87. The van der Waals surface area contributed by atoms with E-state index in [1.165, 1.54) is 0 Å². The molecule has 2 aromatic rings. The minimum Gasteiger partial charge on any atom is -0.480 e. The first-order valence-electron chi connectivity index (χ1n) is 6.98. The van der Waals surface area contributed by atoms with Gasteiger partial charge >= 0.3 is 18.2 Å². The number of carbonyl (C=O) groups is 1. The van der Waals surface area contributed by atoms with Crippen LogP contribution in [0.3, 0.4) is 0 Å². The third kappa shape index (κ3) is 4.14. The molecule has 0 aliphatic rings. The van der Waals surface area contributed by atoms with E-state index in [4.69, 9.17) is 21.3 Å². The van der Waals surface area contributed by atoms with Crippen LogP contribution in [-0.2, 0) is 21.3 Å². The van der Waals surface area contributed by atoms with Crippen LogP contribution >= 0.6 is 11.6 Å². The molecule has 0 bridgehead atoms. The number of hydrogen-bond acceptors (Lipinski definition) is 5. The van der Waals surface area contributed by atoms with Crippen molar-refractivity contribution in [1.29, 1.82) is 0 Å². The van der Waals surface area contributed by atoms with Gasteiger partial charge in [-0.05, 0) is 24.6 Å². The van der Waals surface area contributed by atoms with Crippen molar-refractivity contribution >= 4 is 27.7 Å². The van der Waals surface area contributed by atoms with Crippen LogP contribution in [0.15, 0.2) is 16.9 Å². The van der Waals surface area contributed by atoms with Crippen molar-refractivity contribution in [2.45, 2.75) is 25.1 Å². The van der Waals surface area contributed by atoms with E-state index in [-0.39, 0.29) is 10.1 Å². The Bertz CT molecular complexity index is 1070. The molecule has 0 aliphatic heterocycles. The van der Waals surface area contributed by atoms with Crippen molar-refractivity contribution in [2.24, 2.45) is 0 Å². The number of carboxylic acids is 1. The van der Waals surface area contributed by atoms with E-state index < -0.39 is 62.3 Å². The van der Waals surface area contributed by atoms with Crippen molar-refractivity contribution in [3.63, 3.8) is 0 Å². The summed E-state index contributed by atoms with van der Waals surface area (Å²) in [5.74, 6) is -3.47. The summed E-state index contributed by atoms with van der Waals surface area (Å²) in [5.41, 5.74) is -2.30. The summed E-state index contributed by atoms with van der Waals surface area (Å²) in [4.78, 5) is 23.1. The van der Waals surface area contributed by atoms with E-state index in [1.54, 1.807) is 0 Å². The van der Waals surface area contributed by atoms with Crippen LogP contribution in [0, 0.1) is 12.7 Å². The fourth-order valence-corrected chi connectivity index (χ4v) is 3.15. The van der Waals surface area contributed by atoms with Gasteiger partial charge in [0, 0.05) is 11.4 Å². The van der Waals surface area contributed by atoms with E-state index >= 15 is 0 Å². The minimum absolute atomic E-state index is 0.00798. The summed E-state index contributed by atoms with van der Waals surface area (Å²) < 4.78 is 71.7. The van der Waals surface area contributed by atoms with Crippen LogP contribution in [0.1, 0.15) is 17.9 Å². The predicted octanol–water partition coefficient (Wildman–Crippen LogP) is 1.41. The van der Waals surface area contributed by atoms with Gasteiger partial charge in [-0.3, -0.25) is 9.35 Å². The van der Waals surface area contributed by atoms with Crippen LogP contribution in [0.2, 0.25) is 5.02 Å². The lowest BCUT2D eigenvalue weighted by molar-refractivity contribution is -0.136. The average Bonchev–Trinajstić information content (AvgIpc) is 2.79. The molecule has 1 aromatic carbocycles. The molecule has 0 aliphatic carbocycles. The van der Waals surface area contributed by atoms with Gasteiger partial charge < -0.3 is 5.11 Å². The Morgan fingerprint density at radius 1 is 1.37 bits per heavy atom. The van der Waals surface area contributed by atoms with Crippen LogP contribution in [0.5, 0.6) is 0 Å². The quantitative estimate of drug-likeness (QED) is 0.663. The molecule has 0 spiro atoms. The van der Waals surface area contributed by atoms with Crippen molar-refractivity contribution < 1.29 is 36.0 Å². The zero-order valence-electron chi connectivity index (χ0n) is 13.3. The monoisotopic (exact) mass is 429 g/mol. The van der Waals surface area contributed by atoms with Crippen LogP contribution < -0.4 is 5.69 Å². The molecule has 0 saturated heterocycles. The number of aryl methyl sites for hydroxylation is 1. The van der Waals surface area contributed by atoms with Gasteiger partial charge in [-0.2, -0.15) is 21.9 Å². The smallest absolute Gasteiger partial charge is 0.355 e. The minimum atomic E-state index is -5.03. The van der Waals surface area contributed by atoms with Gasteiger partial charge in [0.2, 0.25) is 0 Å². The van der Waals surface area contributed by atoms with Crippen molar-refractivity contribution in [1.82, 2.24) is 14.3 Å². The molecule has 2 rings (SSSR count). The molecule has 27 heavy (non-hydrogen) atoms. The van der Waals surface area contributed by atoms with Gasteiger partial charge in [-0.1, -0.05) is 11.6 Å². The molecule has 9 nitrogen and oxygen atoms in total. The van der Waals surface area contributed by atoms with Crippen molar-refractivity contribution in [3.8, 4) is 5.69 Å². The maximum atomic E-state index is 14.2. The van der Waals surface area contributed by atoms with Crippen molar-refractivity contribution in [3.05, 3.63) is 44.8 Å². The Hall–Kier alpha value is -2.38. The summed E-state index contributed by atoms with van der Waals surface area (Å²) in [5, 5.41) is 9.74. The van der Waals surface area contributed by atoms with Gasteiger partial charge in [0.15, 0.2) is 11.1 Å². The van der Waals surface area contributed by atoms with Gasteiger partial charge in [0.25, 0.3) is 10.1 Å². The van der Waals surface area contributed by atoms with E-state index in [0.29, 0.717) is 10.7 Å². The molecule has 1 heterocycles. The van der Waals surface area contributed by atoms with E-state index in [9.17, 15) is 31.2 Å². The highest BCUT2D eigenvalue weighted by atomic mass is 35.5. The third-order valence-corrected chi connectivity index (χ3v) is 5.00. The number of rotatable bonds is 6. The van der Waals surface area contributed by atoms with Gasteiger partial charge in [0.1, 0.15) is 11.5 Å². The van der Waals surface area contributed by atoms with Gasteiger partial charge in [-0.15, -0.1) is 5.10 Å². The molecular weight excluding hydrogens is 419 g/mol. The number of benzene rings is 1. The molecule has 1 atom stereocenters. The van der Waals surface area contributed by atoms with E-state index in [2.05, 4.69) is 5.10 Å². The number of hydrogen-bond donors (Lipinski definition) is 2. The normalized spacial score (nSPS) is 13.1. The Labute approximate surface area is 154 Å². The highest BCUT2D eigenvalue weighted by Gasteiger charge is 2.32. The Kier molecular flexibility index (Phi) is 5.68. The van der Waals surface area contributed by atoms with Crippen LogP contribution in [0.25, 0.3) is 5.69 Å². The number of nitrogens with zero attached hydrogens (tertiary/aromatic N) is 3. The number of halogens is 4. The molecule has 0 radical (unpaired) electrons. The fourth-order valence-electron chi connectivity index (χ4n) is 2.28.